The predicted molar refractivity (Wildman–Crippen MR) is 118 cm³/mol. The number of rotatable bonds is 8. The molecule has 1 fully saturated rings. The smallest absolute Gasteiger partial charge is 0.337 e. The SMILES string of the molecule is CC(NC(=O)C(N)Cc1ccccc1)C(=O)N1CCCC1(C(=O)O)C(=O)c1ccccc1. The van der Waals surface area contributed by atoms with Crippen molar-refractivity contribution in [2.45, 2.75) is 43.8 Å². The second-order valence-corrected chi connectivity index (χ2v) is 7.98. The molecule has 2 aromatic carbocycles. The lowest BCUT2D eigenvalue weighted by Crippen LogP contribution is -2.62. The summed E-state index contributed by atoms with van der Waals surface area (Å²) in [6, 6.07) is 15.4. The summed E-state index contributed by atoms with van der Waals surface area (Å²) >= 11 is 0. The third-order valence-electron chi connectivity index (χ3n) is 5.78. The molecule has 0 spiro atoms. The largest absolute Gasteiger partial charge is 0.479 e. The summed E-state index contributed by atoms with van der Waals surface area (Å²) < 4.78 is 0. The Balaban J connectivity index is 1.75. The molecule has 4 N–H and O–H groups in total. The first kappa shape index (κ1) is 23.1. The number of Topliss-reactive ketones (excluding diaryl/α,β-unsaturated/α-hetero) is 1. The molecule has 1 aliphatic rings. The van der Waals surface area contributed by atoms with E-state index in [1.165, 1.54) is 19.1 Å². The van der Waals surface area contributed by atoms with E-state index in [4.69, 9.17) is 5.73 Å². The molecule has 32 heavy (non-hydrogen) atoms. The van der Waals surface area contributed by atoms with Gasteiger partial charge in [0, 0.05) is 12.1 Å². The molecule has 3 unspecified atom stereocenters. The second-order valence-electron chi connectivity index (χ2n) is 7.98. The summed E-state index contributed by atoms with van der Waals surface area (Å²) in [4.78, 5) is 52.3. The molecule has 1 heterocycles. The van der Waals surface area contributed by atoms with E-state index in [1.54, 1.807) is 18.2 Å². The summed E-state index contributed by atoms with van der Waals surface area (Å²) in [6.45, 7) is 1.58. The highest BCUT2D eigenvalue weighted by Crippen LogP contribution is 2.34. The molecule has 2 aromatic rings. The van der Waals surface area contributed by atoms with Crippen LogP contribution in [0, 0.1) is 0 Å². The highest BCUT2D eigenvalue weighted by atomic mass is 16.4. The van der Waals surface area contributed by atoms with Crippen LogP contribution in [0.25, 0.3) is 0 Å². The fourth-order valence-electron chi connectivity index (χ4n) is 4.08. The monoisotopic (exact) mass is 437 g/mol. The van der Waals surface area contributed by atoms with Crippen LogP contribution in [0.1, 0.15) is 35.7 Å². The number of ketones is 1. The Bertz CT molecular complexity index is 995. The molecular weight excluding hydrogens is 410 g/mol. The third kappa shape index (κ3) is 4.55. The first-order valence-corrected chi connectivity index (χ1v) is 10.5. The standard InChI is InChI=1S/C24H27N3O5/c1-16(26-21(29)19(25)15-17-9-4-2-5-10-17)22(30)27-14-8-13-24(27,23(31)32)20(28)18-11-6-3-7-12-18/h2-7,9-12,16,19H,8,13-15,25H2,1H3,(H,26,29)(H,31,32). The Labute approximate surface area is 186 Å². The van der Waals surface area contributed by atoms with E-state index in [-0.39, 0.29) is 18.5 Å². The van der Waals surface area contributed by atoms with Crippen LogP contribution in [0.3, 0.4) is 0 Å². The first-order valence-electron chi connectivity index (χ1n) is 10.5. The minimum absolute atomic E-state index is 0.00991. The van der Waals surface area contributed by atoms with E-state index < -0.39 is 41.2 Å². The Morgan fingerprint density at radius 2 is 1.66 bits per heavy atom. The van der Waals surface area contributed by atoms with Gasteiger partial charge in [-0.25, -0.2) is 4.79 Å². The van der Waals surface area contributed by atoms with Crippen LogP contribution in [0.4, 0.5) is 0 Å². The quantitative estimate of drug-likeness (QED) is 0.423. The van der Waals surface area contributed by atoms with Crippen molar-refractivity contribution in [3.05, 3.63) is 71.8 Å². The van der Waals surface area contributed by atoms with Crippen LogP contribution < -0.4 is 11.1 Å². The minimum atomic E-state index is -2.00. The number of benzene rings is 2. The number of hydrogen-bond acceptors (Lipinski definition) is 5. The topological polar surface area (TPSA) is 130 Å². The zero-order chi connectivity index (χ0) is 23.3. The predicted octanol–water partition coefficient (Wildman–Crippen LogP) is 1.39. The average molecular weight is 437 g/mol. The lowest BCUT2D eigenvalue weighted by atomic mass is 9.86. The highest BCUT2D eigenvalue weighted by Gasteiger charge is 2.56. The minimum Gasteiger partial charge on any atom is -0.479 e. The number of nitrogens with one attached hydrogen (secondary N) is 1. The normalized spacial score (nSPS) is 19.8. The number of amides is 2. The van der Waals surface area contributed by atoms with Gasteiger partial charge in [0.1, 0.15) is 6.04 Å². The zero-order valence-electron chi connectivity index (χ0n) is 17.9. The van der Waals surface area contributed by atoms with Gasteiger partial charge >= 0.3 is 5.97 Å². The van der Waals surface area contributed by atoms with Crippen molar-refractivity contribution in [2.24, 2.45) is 5.73 Å². The highest BCUT2D eigenvalue weighted by molar-refractivity contribution is 6.18. The van der Waals surface area contributed by atoms with Crippen LogP contribution in [0.15, 0.2) is 60.7 Å². The number of aliphatic carboxylic acids is 1. The van der Waals surface area contributed by atoms with Crippen molar-refractivity contribution in [1.29, 1.82) is 0 Å². The summed E-state index contributed by atoms with van der Waals surface area (Å²) in [5, 5.41) is 12.6. The lowest BCUT2D eigenvalue weighted by Gasteiger charge is -2.35. The van der Waals surface area contributed by atoms with Gasteiger partial charge in [-0.3, -0.25) is 14.4 Å². The number of carbonyl (C=O) groups is 4. The van der Waals surface area contributed by atoms with E-state index in [0.29, 0.717) is 12.8 Å². The van der Waals surface area contributed by atoms with E-state index in [0.717, 1.165) is 10.5 Å². The summed E-state index contributed by atoms with van der Waals surface area (Å²) in [5.74, 6) is -3.18. The molecule has 8 nitrogen and oxygen atoms in total. The summed E-state index contributed by atoms with van der Waals surface area (Å²) in [5.41, 5.74) is 5.10. The Kier molecular flexibility index (Phi) is 7.05. The summed E-state index contributed by atoms with van der Waals surface area (Å²) in [7, 11) is 0. The Hall–Kier alpha value is -3.52. The van der Waals surface area contributed by atoms with Crippen LogP contribution in [0.5, 0.6) is 0 Å². The van der Waals surface area contributed by atoms with Crippen molar-refractivity contribution in [2.75, 3.05) is 6.54 Å². The number of carboxylic acid groups (broad SMARTS) is 1. The van der Waals surface area contributed by atoms with Crippen LogP contribution in [0.2, 0.25) is 0 Å². The van der Waals surface area contributed by atoms with E-state index in [1.807, 2.05) is 30.3 Å². The number of likely N-dealkylation sites (tertiary alicyclic amines) is 1. The van der Waals surface area contributed by atoms with Gasteiger partial charge in [0.2, 0.25) is 17.4 Å². The fourth-order valence-corrected chi connectivity index (χ4v) is 4.08. The van der Waals surface area contributed by atoms with Gasteiger partial charge in [0.05, 0.1) is 6.04 Å². The van der Waals surface area contributed by atoms with E-state index in [9.17, 15) is 24.3 Å². The molecule has 8 heteroatoms. The lowest BCUT2D eigenvalue weighted by molar-refractivity contribution is -0.154. The summed E-state index contributed by atoms with van der Waals surface area (Å²) in [6.07, 6.45) is 0.670. The van der Waals surface area contributed by atoms with Crippen molar-refractivity contribution < 1.29 is 24.3 Å². The number of carboxylic acids is 1. The van der Waals surface area contributed by atoms with Crippen LogP contribution in [-0.2, 0) is 20.8 Å². The van der Waals surface area contributed by atoms with E-state index >= 15 is 0 Å². The van der Waals surface area contributed by atoms with Crippen molar-refractivity contribution >= 4 is 23.6 Å². The number of nitrogens with two attached hydrogens (primary N) is 1. The molecule has 0 bridgehead atoms. The maximum atomic E-state index is 13.2. The van der Waals surface area contributed by atoms with E-state index in [2.05, 4.69) is 5.32 Å². The van der Waals surface area contributed by atoms with Crippen molar-refractivity contribution in [1.82, 2.24) is 10.2 Å². The number of hydrogen-bond donors (Lipinski definition) is 3. The number of nitrogens with zero attached hydrogens (tertiary/aromatic N) is 1. The second kappa shape index (κ2) is 9.74. The van der Waals surface area contributed by atoms with Crippen molar-refractivity contribution in [3.63, 3.8) is 0 Å². The average Bonchev–Trinajstić information content (AvgIpc) is 3.25. The molecule has 0 aromatic heterocycles. The van der Waals surface area contributed by atoms with Gasteiger partial charge in [-0.1, -0.05) is 60.7 Å². The zero-order valence-corrected chi connectivity index (χ0v) is 17.9. The first-order chi connectivity index (χ1) is 15.3. The van der Waals surface area contributed by atoms with Gasteiger partial charge in [0.15, 0.2) is 5.78 Å². The van der Waals surface area contributed by atoms with Crippen LogP contribution >= 0.6 is 0 Å². The molecule has 3 rings (SSSR count). The maximum absolute atomic E-state index is 13.2. The third-order valence-corrected chi connectivity index (χ3v) is 5.78. The van der Waals surface area contributed by atoms with Gasteiger partial charge in [-0.05, 0) is 31.7 Å². The van der Waals surface area contributed by atoms with Gasteiger partial charge in [-0.15, -0.1) is 0 Å². The molecule has 2 amide bonds. The van der Waals surface area contributed by atoms with Gasteiger partial charge in [0.25, 0.3) is 0 Å². The van der Waals surface area contributed by atoms with Crippen molar-refractivity contribution in [3.8, 4) is 0 Å². The molecule has 1 aliphatic heterocycles. The van der Waals surface area contributed by atoms with Crippen LogP contribution in [-0.4, -0.2) is 57.7 Å². The molecule has 168 valence electrons. The maximum Gasteiger partial charge on any atom is 0.337 e. The Morgan fingerprint density at radius 3 is 2.25 bits per heavy atom. The Morgan fingerprint density at radius 1 is 1.06 bits per heavy atom. The molecule has 0 saturated carbocycles. The molecule has 3 atom stereocenters. The molecule has 0 aliphatic carbocycles. The fraction of sp³-hybridized carbons (Fsp3) is 0.333. The molecular formula is C24H27N3O5. The molecule has 1 saturated heterocycles. The van der Waals surface area contributed by atoms with Gasteiger partial charge in [-0.2, -0.15) is 0 Å². The molecule has 0 radical (unpaired) electrons. The number of carbonyl (C=O) groups excluding carboxylic acids is 3. The van der Waals surface area contributed by atoms with Gasteiger partial charge < -0.3 is 21.1 Å².